The van der Waals surface area contributed by atoms with Crippen LogP contribution in [0.5, 0.6) is 0 Å². The highest BCUT2D eigenvalue weighted by Gasteiger charge is 2.41. The van der Waals surface area contributed by atoms with Crippen LogP contribution in [0, 0.1) is 12.7 Å². The van der Waals surface area contributed by atoms with Crippen molar-refractivity contribution in [2.45, 2.75) is 26.8 Å². The Morgan fingerprint density at radius 1 is 0.879 bits per heavy atom. The fourth-order valence-electron chi connectivity index (χ4n) is 3.99. The maximum Gasteiger partial charge on any atom is 0.278 e. The summed E-state index contributed by atoms with van der Waals surface area (Å²) in [4.78, 5) is 34.3. The molecule has 1 aromatic heterocycles. The lowest BCUT2D eigenvalue weighted by Crippen LogP contribution is -2.35. The second-order valence-corrected chi connectivity index (χ2v) is 8.10. The number of benzene rings is 2. The summed E-state index contributed by atoms with van der Waals surface area (Å²) in [6, 6.07) is 17.4. The van der Waals surface area contributed by atoms with Gasteiger partial charge in [0.1, 0.15) is 11.5 Å². The molecule has 4 rings (SSSR count). The summed E-state index contributed by atoms with van der Waals surface area (Å²) in [5.74, 6) is -1.07. The van der Waals surface area contributed by atoms with E-state index in [2.05, 4.69) is 4.98 Å². The summed E-state index contributed by atoms with van der Waals surface area (Å²) >= 11 is 0. The number of amides is 2. The van der Waals surface area contributed by atoms with Gasteiger partial charge in [-0.2, -0.15) is 0 Å². The van der Waals surface area contributed by atoms with Gasteiger partial charge in [0.05, 0.1) is 12.1 Å². The number of hydrogen-bond acceptors (Lipinski definition) is 4. The smallest absolute Gasteiger partial charge is 0.278 e. The first-order valence-corrected chi connectivity index (χ1v) is 11.0. The molecule has 0 atom stereocenters. The highest BCUT2D eigenvalue weighted by atomic mass is 19.1. The van der Waals surface area contributed by atoms with Crippen LogP contribution in [0.3, 0.4) is 0 Å². The molecule has 2 aromatic carbocycles. The normalized spacial score (nSPS) is 13.7. The third kappa shape index (κ3) is 4.85. The van der Waals surface area contributed by atoms with Crippen molar-refractivity contribution in [1.29, 1.82) is 0 Å². The van der Waals surface area contributed by atoms with Gasteiger partial charge in [-0.25, -0.2) is 4.39 Å². The number of carbonyl (C=O) groups excluding carboxylic acids is 2. The lowest BCUT2D eigenvalue weighted by Gasteiger charge is -2.25. The summed E-state index contributed by atoms with van der Waals surface area (Å²) in [5.41, 5.74) is 4.32. The van der Waals surface area contributed by atoms with Gasteiger partial charge in [0.25, 0.3) is 11.8 Å². The number of likely N-dealkylation sites (N-methyl/N-ethyl adjacent to an activating group) is 1. The Kier molecular flexibility index (Phi) is 6.63. The van der Waals surface area contributed by atoms with Crippen LogP contribution in [0.15, 0.2) is 78.8 Å². The Morgan fingerprint density at radius 3 is 2.18 bits per heavy atom. The third-order valence-electron chi connectivity index (χ3n) is 5.86. The van der Waals surface area contributed by atoms with Gasteiger partial charge in [-0.15, -0.1) is 0 Å². The quantitative estimate of drug-likeness (QED) is 0.485. The second kappa shape index (κ2) is 9.77. The lowest BCUT2D eigenvalue weighted by molar-refractivity contribution is -0.138. The average molecular weight is 444 g/mol. The van der Waals surface area contributed by atoms with Crippen LogP contribution < -0.4 is 0 Å². The van der Waals surface area contributed by atoms with E-state index in [4.69, 9.17) is 0 Å². The first-order chi connectivity index (χ1) is 16.0. The maximum absolute atomic E-state index is 13.6. The van der Waals surface area contributed by atoms with E-state index in [1.165, 1.54) is 17.0 Å². The van der Waals surface area contributed by atoms with E-state index in [0.29, 0.717) is 36.3 Å². The Labute approximate surface area is 193 Å². The molecule has 0 fully saturated rings. The van der Waals surface area contributed by atoms with Gasteiger partial charge in [0.2, 0.25) is 0 Å². The molecular formula is C27H26FN3O2. The zero-order valence-electron chi connectivity index (χ0n) is 18.8. The Bertz CT molecular complexity index is 1170. The van der Waals surface area contributed by atoms with Gasteiger partial charge < -0.3 is 4.90 Å². The van der Waals surface area contributed by atoms with Crippen LogP contribution in [0.1, 0.15) is 29.2 Å². The van der Waals surface area contributed by atoms with E-state index < -0.39 is 0 Å². The standard InChI is InChI=1S/C27H26FN3O2/c1-3-30(17-14-20-12-15-29-16-13-20)25-24(22-8-10-23(28)11-9-22)26(32)31(27(25)33)18-21-6-4-19(2)5-7-21/h4-13,15-16H,3,14,17-18H2,1-2H3. The van der Waals surface area contributed by atoms with Crippen molar-refractivity contribution in [3.05, 3.63) is 107 Å². The van der Waals surface area contributed by atoms with Gasteiger partial charge in [-0.05, 0) is 61.2 Å². The summed E-state index contributed by atoms with van der Waals surface area (Å²) in [5, 5.41) is 0. The maximum atomic E-state index is 13.6. The molecule has 0 radical (unpaired) electrons. The highest BCUT2D eigenvalue weighted by Crippen LogP contribution is 2.33. The summed E-state index contributed by atoms with van der Waals surface area (Å²) in [6.45, 7) is 5.26. The van der Waals surface area contributed by atoms with Crippen molar-refractivity contribution < 1.29 is 14.0 Å². The van der Waals surface area contributed by atoms with Crippen molar-refractivity contribution in [2.24, 2.45) is 0 Å². The van der Waals surface area contributed by atoms with E-state index in [-0.39, 0.29) is 24.2 Å². The SMILES string of the molecule is CCN(CCc1ccncc1)C1=C(c2ccc(F)cc2)C(=O)N(Cc2ccc(C)cc2)C1=O. The lowest BCUT2D eigenvalue weighted by atomic mass is 10.0. The molecular weight excluding hydrogens is 417 g/mol. The van der Waals surface area contributed by atoms with Crippen molar-refractivity contribution >= 4 is 17.4 Å². The molecule has 1 aliphatic heterocycles. The van der Waals surface area contributed by atoms with Crippen LogP contribution in [0.25, 0.3) is 5.57 Å². The largest absolute Gasteiger partial charge is 0.366 e. The number of hydrogen-bond donors (Lipinski definition) is 0. The van der Waals surface area contributed by atoms with Crippen molar-refractivity contribution in [2.75, 3.05) is 13.1 Å². The minimum Gasteiger partial charge on any atom is -0.366 e. The predicted octanol–water partition coefficient (Wildman–Crippen LogP) is 4.37. The zero-order valence-corrected chi connectivity index (χ0v) is 18.8. The van der Waals surface area contributed by atoms with Gasteiger partial charge >= 0.3 is 0 Å². The molecule has 2 amide bonds. The average Bonchev–Trinajstić information content (AvgIpc) is 3.07. The first-order valence-electron chi connectivity index (χ1n) is 11.0. The molecule has 0 saturated heterocycles. The molecule has 1 aliphatic rings. The van der Waals surface area contributed by atoms with Crippen molar-refractivity contribution in [1.82, 2.24) is 14.8 Å². The molecule has 0 spiro atoms. The summed E-state index contributed by atoms with van der Waals surface area (Å²) in [7, 11) is 0. The van der Waals surface area contributed by atoms with E-state index in [1.54, 1.807) is 24.5 Å². The van der Waals surface area contributed by atoms with E-state index >= 15 is 0 Å². The Morgan fingerprint density at radius 2 is 1.55 bits per heavy atom. The monoisotopic (exact) mass is 443 g/mol. The molecule has 0 N–H and O–H groups in total. The minimum atomic E-state index is -0.390. The minimum absolute atomic E-state index is 0.189. The molecule has 5 nitrogen and oxygen atoms in total. The van der Waals surface area contributed by atoms with Crippen LogP contribution in [-0.4, -0.2) is 39.7 Å². The highest BCUT2D eigenvalue weighted by molar-refractivity contribution is 6.35. The van der Waals surface area contributed by atoms with Gasteiger partial charge in [0.15, 0.2) is 0 Å². The summed E-state index contributed by atoms with van der Waals surface area (Å²) < 4.78 is 13.6. The van der Waals surface area contributed by atoms with Crippen LogP contribution in [0.4, 0.5) is 4.39 Å². The van der Waals surface area contributed by atoms with E-state index in [1.807, 2.05) is 55.1 Å². The number of rotatable bonds is 8. The number of aryl methyl sites for hydroxylation is 1. The fraction of sp³-hybridized carbons (Fsp3) is 0.222. The van der Waals surface area contributed by atoms with Crippen molar-refractivity contribution in [3.8, 4) is 0 Å². The number of nitrogens with zero attached hydrogens (tertiary/aromatic N) is 3. The number of imide groups is 1. The summed E-state index contributed by atoms with van der Waals surface area (Å²) in [6.07, 6.45) is 4.18. The van der Waals surface area contributed by atoms with Crippen LogP contribution in [-0.2, 0) is 22.6 Å². The second-order valence-electron chi connectivity index (χ2n) is 8.10. The molecule has 0 unspecified atom stereocenters. The van der Waals surface area contributed by atoms with E-state index in [9.17, 15) is 14.0 Å². The van der Waals surface area contributed by atoms with Gasteiger partial charge in [-0.1, -0.05) is 42.0 Å². The predicted molar refractivity (Wildman–Crippen MR) is 125 cm³/mol. The van der Waals surface area contributed by atoms with Crippen LogP contribution in [0.2, 0.25) is 0 Å². The molecule has 33 heavy (non-hydrogen) atoms. The number of carbonyl (C=O) groups is 2. The molecule has 0 bridgehead atoms. The van der Waals surface area contributed by atoms with Gasteiger partial charge in [-0.3, -0.25) is 19.5 Å². The number of aromatic nitrogens is 1. The van der Waals surface area contributed by atoms with Crippen molar-refractivity contribution in [3.63, 3.8) is 0 Å². The Hall–Kier alpha value is -3.80. The molecule has 2 heterocycles. The van der Waals surface area contributed by atoms with E-state index in [0.717, 1.165) is 16.7 Å². The zero-order chi connectivity index (χ0) is 23.4. The topological polar surface area (TPSA) is 53.5 Å². The number of halogens is 1. The fourth-order valence-corrected chi connectivity index (χ4v) is 3.99. The molecule has 0 saturated carbocycles. The van der Waals surface area contributed by atoms with Crippen LogP contribution >= 0.6 is 0 Å². The first kappa shape index (κ1) is 22.4. The molecule has 3 aromatic rings. The third-order valence-corrected chi connectivity index (χ3v) is 5.86. The molecule has 168 valence electrons. The number of pyridine rings is 1. The molecule has 0 aliphatic carbocycles. The Balaban J connectivity index is 1.69. The van der Waals surface area contributed by atoms with Gasteiger partial charge in [0, 0.05) is 25.5 Å². The molecule has 6 heteroatoms.